The Bertz CT molecular complexity index is 199. The van der Waals surface area contributed by atoms with Crippen molar-refractivity contribution < 1.29 is 9.59 Å². The van der Waals surface area contributed by atoms with Crippen molar-refractivity contribution in [2.75, 3.05) is 0 Å². The molecule has 0 rings (SSSR count). The first-order chi connectivity index (χ1) is 5.86. The molecule has 1 N–H and O–H groups in total. The molecule has 0 radical (unpaired) electrons. The predicted molar refractivity (Wildman–Crippen MR) is 52.3 cm³/mol. The average Bonchev–Trinajstić information content (AvgIpc) is 2.02. The summed E-state index contributed by atoms with van der Waals surface area (Å²) in [5, 5.41) is 2.67. The Morgan fingerprint density at radius 2 is 1.54 bits per heavy atom. The van der Waals surface area contributed by atoms with Crippen molar-refractivity contribution in [3.63, 3.8) is 0 Å². The molecule has 0 fully saturated rings. The average molecular weight is 185 g/mol. The van der Waals surface area contributed by atoms with Gasteiger partial charge in [0.05, 0.1) is 6.04 Å². The summed E-state index contributed by atoms with van der Waals surface area (Å²) < 4.78 is 0. The zero-order valence-corrected chi connectivity index (χ0v) is 9.05. The minimum absolute atomic E-state index is 0.00990. The molecule has 0 aliphatic rings. The molecule has 0 aromatic carbocycles. The van der Waals surface area contributed by atoms with Crippen molar-refractivity contribution >= 4 is 11.7 Å². The standard InChI is InChI=1S/C10H19NO2/c1-6(2)7(3)10(13)11-8(4)9(5)12/h6-8H,1-5H3,(H,11,13)/t7?,8-/m0/s1. The molecule has 0 saturated carbocycles. The number of amides is 1. The number of rotatable bonds is 4. The van der Waals surface area contributed by atoms with Crippen LogP contribution < -0.4 is 5.32 Å². The minimum atomic E-state index is -0.367. The highest BCUT2D eigenvalue weighted by molar-refractivity contribution is 5.87. The van der Waals surface area contributed by atoms with Gasteiger partial charge in [0.15, 0.2) is 5.78 Å². The molecule has 1 unspecified atom stereocenters. The quantitative estimate of drug-likeness (QED) is 0.719. The maximum atomic E-state index is 11.4. The Kier molecular flexibility index (Phi) is 4.67. The van der Waals surface area contributed by atoms with Gasteiger partial charge in [0.1, 0.15) is 0 Å². The van der Waals surface area contributed by atoms with Crippen molar-refractivity contribution in [2.45, 2.75) is 40.7 Å². The van der Waals surface area contributed by atoms with E-state index in [4.69, 9.17) is 0 Å². The Hall–Kier alpha value is -0.860. The van der Waals surface area contributed by atoms with E-state index in [9.17, 15) is 9.59 Å². The fraction of sp³-hybridized carbons (Fsp3) is 0.800. The highest BCUT2D eigenvalue weighted by atomic mass is 16.2. The summed E-state index contributed by atoms with van der Waals surface area (Å²) in [5.74, 6) is 0.211. The number of carbonyl (C=O) groups excluding carboxylic acids is 2. The molecule has 0 heterocycles. The van der Waals surface area contributed by atoms with E-state index in [0.29, 0.717) is 5.92 Å². The molecule has 0 aromatic rings. The van der Waals surface area contributed by atoms with Gasteiger partial charge in [-0.3, -0.25) is 9.59 Å². The Morgan fingerprint density at radius 3 is 1.85 bits per heavy atom. The number of nitrogens with one attached hydrogen (secondary N) is 1. The van der Waals surface area contributed by atoms with E-state index in [1.54, 1.807) is 6.92 Å². The van der Waals surface area contributed by atoms with Crippen LogP contribution in [0.2, 0.25) is 0 Å². The number of ketones is 1. The maximum Gasteiger partial charge on any atom is 0.223 e. The largest absolute Gasteiger partial charge is 0.346 e. The second-order valence-electron chi connectivity index (χ2n) is 3.87. The summed E-state index contributed by atoms with van der Waals surface area (Å²) in [6, 6.07) is -0.367. The lowest BCUT2D eigenvalue weighted by molar-refractivity contribution is -0.129. The molecule has 0 aliphatic heterocycles. The number of hydrogen-bond donors (Lipinski definition) is 1. The van der Waals surface area contributed by atoms with Crippen molar-refractivity contribution in [1.82, 2.24) is 5.32 Å². The zero-order valence-electron chi connectivity index (χ0n) is 9.05. The van der Waals surface area contributed by atoms with Gasteiger partial charge in [-0.15, -0.1) is 0 Å². The van der Waals surface area contributed by atoms with E-state index in [1.807, 2.05) is 20.8 Å². The van der Waals surface area contributed by atoms with Gasteiger partial charge in [-0.25, -0.2) is 0 Å². The smallest absolute Gasteiger partial charge is 0.223 e. The monoisotopic (exact) mass is 185 g/mol. The normalized spacial score (nSPS) is 15.2. The lowest BCUT2D eigenvalue weighted by atomic mass is 9.97. The summed E-state index contributed by atoms with van der Waals surface area (Å²) >= 11 is 0. The van der Waals surface area contributed by atoms with Crippen LogP contribution in [0.3, 0.4) is 0 Å². The van der Waals surface area contributed by atoms with Gasteiger partial charge in [-0.2, -0.15) is 0 Å². The molecule has 0 aromatic heterocycles. The second kappa shape index (κ2) is 5.00. The molecular weight excluding hydrogens is 166 g/mol. The fourth-order valence-corrected chi connectivity index (χ4v) is 0.749. The third-order valence-electron chi connectivity index (χ3n) is 2.38. The Balaban J connectivity index is 4.08. The first kappa shape index (κ1) is 12.1. The van der Waals surface area contributed by atoms with Crippen molar-refractivity contribution in [2.24, 2.45) is 11.8 Å². The summed E-state index contributed by atoms with van der Waals surface area (Å²) in [5.41, 5.74) is 0. The van der Waals surface area contributed by atoms with Gasteiger partial charge in [0.2, 0.25) is 5.91 Å². The molecule has 0 bridgehead atoms. The number of Topliss-reactive ketones (excluding diaryl/α,β-unsaturated/α-hetero) is 1. The molecule has 2 atom stereocenters. The Morgan fingerprint density at radius 1 is 1.08 bits per heavy atom. The van der Waals surface area contributed by atoms with E-state index in [1.165, 1.54) is 6.92 Å². The Labute approximate surface area is 79.9 Å². The van der Waals surface area contributed by atoms with Crippen LogP contribution >= 0.6 is 0 Å². The van der Waals surface area contributed by atoms with Crippen LogP contribution in [0.15, 0.2) is 0 Å². The van der Waals surface area contributed by atoms with Crippen LogP contribution in [0, 0.1) is 11.8 Å². The van der Waals surface area contributed by atoms with Crippen molar-refractivity contribution in [3.05, 3.63) is 0 Å². The van der Waals surface area contributed by atoms with Crippen molar-refractivity contribution in [3.8, 4) is 0 Å². The van der Waals surface area contributed by atoms with Crippen LogP contribution in [0.1, 0.15) is 34.6 Å². The van der Waals surface area contributed by atoms with Gasteiger partial charge >= 0.3 is 0 Å². The van der Waals surface area contributed by atoms with E-state index in [-0.39, 0.29) is 23.7 Å². The van der Waals surface area contributed by atoms with Gasteiger partial charge in [0, 0.05) is 5.92 Å². The van der Waals surface area contributed by atoms with Gasteiger partial charge in [-0.05, 0) is 19.8 Å². The summed E-state index contributed by atoms with van der Waals surface area (Å²) in [4.78, 5) is 22.3. The molecule has 3 heteroatoms. The van der Waals surface area contributed by atoms with E-state index >= 15 is 0 Å². The molecule has 0 saturated heterocycles. The first-order valence-electron chi connectivity index (χ1n) is 4.67. The van der Waals surface area contributed by atoms with E-state index < -0.39 is 0 Å². The highest BCUT2D eigenvalue weighted by Gasteiger charge is 2.19. The maximum absolute atomic E-state index is 11.4. The summed E-state index contributed by atoms with van der Waals surface area (Å²) in [6.45, 7) is 9.02. The first-order valence-corrected chi connectivity index (χ1v) is 4.67. The third kappa shape index (κ3) is 4.06. The van der Waals surface area contributed by atoms with Crippen LogP contribution in [0.5, 0.6) is 0 Å². The lowest BCUT2D eigenvalue weighted by Gasteiger charge is -2.17. The highest BCUT2D eigenvalue weighted by Crippen LogP contribution is 2.09. The molecule has 0 aliphatic carbocycles. The summed E-state index contributed by atoms with van der Waals surface area (Å²) in [7, 11) is 0. The molecule has 76 valence electrons. The molecule has 13 heavy (non-hydrogen) atoms. The van der Waals surface area contributed by atoms with Crippen LogP contribution in [0.4, 0.5) is 0 Å². The van der Waals surface area contributed by atoms with Gasteiger partial charge < -0.3 is 5.32 Å². The number of carbonyl (C=O) groups is 2. The third-order valence-corrected chi connectivity index (χ3v) is 2.38. The fourth-order valence-electron chi connectivity index (χ4n) is 0.749. The van der Waals surface area contributed by atoms with Crippen molar-refractivity contribution in [1.29, 1.82) is 0 Å². The van der Waals surface area contributed by atoms with E-state index in [0.717, 1.165) is 0 Å². The molecule has 3 nitrogen and oxygen atoms in total. The molecular formula is C10H19NO2. The second-order valence-corrected chi connectivity index (χ2v) is 3.87. The van der Waals surface area contributed by atoms with Crippen LogP contribution in [-0.2, 0) is 9.59 Å². The minimum Gasteiger partial charge on any atom is -0.346 e. The zero-order chi connectivity index (χ0) is 10.6. The van der Waals surface area contributed by atoms with Gasteiger partial charge in [-0.1, -0.05) is 20.8 Å². The molecule has 1 amide bonds. The summed E-state index contributed by atoms with van der Waals surface area (Å²) in [6.07, 6.45) is 0. The topological polar surface area (TPSA) is 46.2 Å². The van der Waals surface area contributed by atoms with E-state index in [2.05, 4.69) is 5.32 Å². The predicted octanol–water partition coefficient (Wildman–Crippen LogP) is 1.37. The lowest BCUT2D eigenvalue weighted by Crippen LogP contribution is -2.41. The molecule has 0 spiro atoms. The SMILES string of the molecule is CC(=O)[C@H](C)NC(=O)C(C)C(C)C. The van der Waals surface area contributed by atoms with Crippen LogP contribution in [0.25, 0.3) is 0 Å². The van der Waals surface area contributed by atoms with Gasteiger partial charge in [0.25, 0.3) is 0 Å². The number of hydrogen-bond acceptors (Lipinski definition) is 2. The van der Waals surface area contributed by atoms with Crippen LogP contribution in [-0.4, -0.2) is 17.7 Å².